The van der Waals surface area contributed by atoms with Gasteiger partial charge in [0.2, 0.25) is 0 Å². The number of phenolic OH excluding ortho intramolecular Hbond substituents is 1. The molecule has 0 radical (unpaired) electrons. The number of hydrogen-bond acceptors (Lipinski definition) is 2. The fourth-order valence-electron chi connectivity index (χ4n) is 2.08. The van der Waals surface area contributed by atoms with Crippen LogP contribution >= 0.6 is 46.4 Å². The van der Waals surface area contributed by atoms with Gasteiger partial charge in [0.1, 0.15) is 5.75 Å². The third kappa shape index (κ3) is 4.44. The van der Waals surface area contributed by atoms with Gasteiger partial charge in [-0.15, -0.1) is 0 Å². The Bertz CT molecular complexity index is 827. The molecule has 2 aromatic rings. The van der Waals surface area contributed by atoms with Gasteiger partial charge in [-0.1, -0.05) is 58.5 Å². The van der Waals surface area contributed by atoms with Crippen molar-refractivity contribution < 1.29 is 23.1 Å². The first-order valence-electron chi connectivity index (χ1n) is 6.52. The summed E-state index contributed by atoms with van der Waals surface area (Å²) in [6.07, 6.45) is -5.14. The van der Waals surface area contributed by atoms with E-state index in [1.807, 2.05) is 0 Å². The van der Waals surface area contributed by atoms with E-state index in [1.165, 1.54) is 18.2 Å². The molecule has 0 aromatic heterocycles. The van der Waals surface area contributed by atoms with Crippen molar-refractivity contribution in [2.75, 3.05) is 0 Å². The third-order valence-electron chi connectivity index (χ3n) is 3.18. The van der Waals surface area contributed by atoms with Crippen LogP contribution in [0.3, 0.4) is 0 Å². The predicted molar refractivity (Wildman–Crippen MR) is 90.6 cm³/mol. The average Bonchev–Trinajstić information content (AvgIpc) is 2.50. The largest absolute Gasteiger partial charge is 0.508 e. The maximum absolute atomic E-state index is 12.7. The van der Waals surface area contributed by atoms with E-state index >= 15 is 0 Å². The average molecular weight is 433 g/mol. The fraction of sp³-hybridized carbons (Fsp3) is 0.133. The van der Waals surface area contributed by atoms with Crippen molar-refractivity contribution in [3.8, 4) is 5.75 Å². The van der Waals surface area contributed by atoms with Crippen LogP contribution in [0.4, 0.5) is 13.2 Å². The SMILES string of the molecule is O=C(N[C@@H](c1cccc(Cl)c1Cl)c1cc(O)cc(Cl)c1Cl)C(F)(F)F. The first-order chi connectivity index (χ1) is 11.5. The van der Waals surface area contributed by atoms with Crippen LogP contribution in [-0.2, 0) is 4.79 Å². The molecule has 10 heteroatoms. The van der Waals surface area contributed by atoms with Gasteiger partial charge in [-0.3, -0.25) is 4.79 Å². The van der Waals surface area contributed by atoms with Crippen molar-refractivity contribution in [1.29, 1.82) is 0 Å². The van der Waals surface area contributed by atoms with E-state index < -0.39 is 18.1 Å². The Balaban J connectivity index is 2.65. The maximum atomic E-state index is 12.7. The number of amides is 1. The summed E-state index contributed by atoms with van der Waals surface area (Å²) < 4.78 is 38.1. The quantitative estimate of drug-likeness (QED) is 0.646. The van der Waals surface area contributed by atoms with Crippen molar-refractivity contribution >= 4 is 52.3 Å². The molecule has 25 heavy (non-hydrogen) atoms. The molecule has 2 N–H and O–H groups in total. The highest BCUT2D eigenvalue weighted by molar-refractivity contribution is 6.43. The van der Waals surface area contributed by atoms with Crippen LogP contribution < -0.4 is 5.32 Å². The molecule has 0 fully saturated rings. The molecule has 0 bridgehead atoms. The molecular formula is C15H8Cl4F3NO2. The summed E-state index contributed by atoms with van der Waals surface area (Å²) in [4.78, 5) is 11.4. The van der Waals surface area contributed by atoms with E-state index in [0.29, 0.717) is 0 Å². The Hall–Kier alpha value is -1.34. The molecule has 0 aliphatic carbocycles. The van der Waals surface area contributed by atoms with Crippen molar-refractivity contribution in [2.24, 2.45) is 0 Å². The van der Waals surface area contributed by atoms with Gasteiger partial charge >= 0.3 is 12.1 Å². The maximum Gasteiger partial charge on any atom is 0.471 e. The molecule has 3 nitrogen and oxygen atoms in total. The van der Waals surface area contributed by atoms with Gasteiger partial charge in [0.05, 0.1) is 26.1 Å². The zero-order chi connectivity index (χ0) is 18.9. The molecule has 2 rings (SSSR count). The highest BCUT2D eigenvalue weighted by Crippen LogP contribution is 2.40. The van der Waals surface area contributed by atoms with Crippen molar-refractivity contribution in [3.05, 3.63) is 61.5 Å². The number of rotatable bonds is 3. The normalized spacial score (nSPS) is 12.8. The molecule has 0 aliphatic heterocycles. The Labute approximate surface area is 160 Å². The molecular weight excluding hydrogens is 425 g/mol. The number of aromatic hydroxyl groups is 1. The minimum atomic E-state index is -5.14. The van der Waals surface area contributed by atoms with Gasteiger partial charge in [-0.05, 0) is 17.7 Å². The van der Waals surface area contributed by atoms with Crippen LogP contribution in [0.15, 0.2) is 30.3 Å². The zero-order valence-corrected chi connectivity index (χ0v) is 15.0. The second-order valence-corrected chi connectivity index (χ2v) is 6.45. The smallest absolute Gasteiger partial charge is 0.471 e. The predicted octanol–water partition coefficient (Wildman–Crippen LogP) is 5.77. The van der Waals surface area contributed by atoms with Crippen LogP contribution in [0.1, 0.15) is 17.2 Å². The summed E-state index contributed by atoms with van der Waals surface area (Å²) in [6, 6.07) is 4.96. The van der Waals surface area contributed by atoms with E-state index in [0.717, 1.165) is 12.1 Å². The number of carbonyl (C=O) groups excluding carboxylic acids is 1. The van der Waals surface area contributed by atoms with E-state index in [-0.39, 0.29) is 37.0 Å². The molecule has 1 atom stereocenters. The third-order valence-corrected chi connectivity index (χ3v) is 4.83. The zero-order valence-electron chi connectivity index (χ0n) is 12.0. The van der Waals surface area contributed by atoms with Gasteiger partial charge in [-0.25, -0.2) is 0 Å². The molecule has 1 amide bonds. The fourth-order valence-corrected chi connectivity index (χ4v) is 2.94. The summed E-state index contributed by atoms with van der Waals surface area (Å²) in [7, 11) is 0. The van der Waals surface area contributed by atoms with E-state index in [4.69, 9.17) is 46.4 Å². The highest BCUT2D eigenvalue weighted by atomic mass is 35.5. The Morgan fingerprint density at radius 1 is 1.00 bits per heavy atom. The molecule has 2 aromatic carbocycles. The molecule has 0 saturated heterocycles. The monoisotopic (exact) mass is 431 g/mol. The number of phenols is 1. The number of benzene rings is 2. The van der Waals surface area contributed by atoms with E-state index in [1.54, 1.807) is 5.32 Å². The van der Waals surface area contributed by atoms with Gasteiger partial charge < -0.3 is 10.4 Å². The summed E-state index contributed by atoms with van der Waals surface area (Å²) in [6.45, 7) is 0. The molecule has 134 valence electrons. The lowest BCUT2D eigenvalue weighted by atomic mass is 9.98. The van der Waals surface area contributed by atoms with Crippen molar-refractivity contribution in [2.45, 2.75) is 12.2 Å². The second-order valence-electron chi connectivity index (χ2n) is 4.88. The summed E-state index contributed by atoms with van der Waals surface area (Å²) in [5.41, 5.74) is -0.0243. The number of nitrogens with one attached hydrogen (secondary N) is 1. The number of alkyl halides is 3. The van der Waals surface area contributed by atoms with Gasteiger partial charge in [0.15, 0.2) is 0 Å². The van der Waals surface area contributed by atoms with Crippen molar-refractivity contribution in [1.82, 2.24) is 5.32 Å². The minimum Gasteiger partial charge on any atom is -0.508 e. The van der Waals surface area contributed by atoms with Gasteiger partial charge in [-0.2, -0.15) is 13.2 Å². The lowest BCUT2D eigenvalue weighted by Gasteiger charge is -2.23. The summed E-state index contributed by atoms with van der Waals surface area (Å²) >= 11 is 23.9. The number of hydrogen-bond donors (Lipinski definition) is 2. The molecule has 0 saturated carbocycles. The second kappa shape index (κ2) is 7.50. The highest BCUT2D eigenvalue weighted by Gasteiger charge is 2.41. The minimum absolute atomic E-state index is 0.0512. The van der Waals surface area contributed by atoms with Crippen LogP contribution in [0.2, 0.25) is 20.1 Å². The number of carbonyl (C=O) groups is 1. The Morgan fingerprint density at radius 3 is 2.20 bits per heavy atom. The van der Waals surface area contributed by atoms with Gasteiger partial charge in [0, 0.05) is 11.6 Å². The first kappa shape index (κ1) is 20.0. The van der Waals surface area contributed by atoms with Crippen LogP contribution in [-0.4, -0.2) is 17.2 Å². The van der Waals surface area contributed by atoms with Gasteiger partial charge in [0.25, 0.3) is 0 Å². The van der Waals surface area contributed by atoms with Crippen LogP contribution in [0, 0.1) is 0 Å². The lowest BCUT2D eigenvalue weighted by Crippen LogP contribution is -2.39. The van der Waals surface area contributed by atoms with E-state index in [2.05, 4.69) is 0 Å². The van der Waals surface area contributed by atoms with E-state index in [9.17, 15) is 23.1 Å². The van der Waals surface area contributed by atoms with Crippen molar-refractivity contribution in [3.63, 3.8) is 0 Å². The number of halogens is 7. The Kier molecular flexibility index (Phi) is 5.99. The van der Waals surface area contributed by atoms with Crippen LogP contribution in [0.25, 0.3) is 0 Å². The topological polar surface area (TPSA) is 49.3 Å². The standard InChI is InChI=1S/C15H8Cl4F3NO2/c16-9-3-1-2-7(11(9)18)13(23-14(25)15(20,21)22)8-4-6(24)5-10(17)12(8)19/h1-5,13,24H,(H,23,25)/t13-/m0/s1. The first-order valence-corrected chi connectivity index (χ1v) is 8.03. The van der Waals surface area contributed by atoms with Crippen LogP contribution in [0.5, 0.6) is 5.75 Å². The summed E-state index contributed by atoms with van der Waals surface area (Å²) in [5, 5.41) is 11.2. The molecule has 0 aliphatic rings. The molecule has 0 unspecified atom stereocenters. The molecule has 0 heterocycles. The summed E-state index contributed by atoms with van der Waals surface area (Å²) in [5.74, 6) is -2.57. The molecule has 0 spiro atoms. The lowest BCUT2D eigenvalue weighted by molar-refractivity contribution is -0.174. The Morgan fingerprint density at radius 2 is 1.60 bits per heavy atom.